The van der Waals surface area contributed by atoms with Gasteiger partial charge in [-0.25, -0.2) is 4.79 Å². The number of amides is 2. The Morgan fingerprint density at radius 3 is 2.81 bits per heavy atom. The van der Waals surface area contributed by atoms with Gasteiger partial charge >= 0.3 is 5.97 Å². The Bertz CT molecular complexity index is 905. The zero-order valence-electron chi connectivity index (χ0n) is 16.4. The van der Waals surface area contributed by atoms with Crippen LogP contribution in [0.5, 0.6) is 0 Å². The number of aliphatic hydroxyl groups excluding tert-OH is 1. The molecule has 13 nitrogen and oxygen atoms in total. The van der Waals surface area contributed by atoms with Crippen molar-refractivity contribution in [3.63, 3.8) is 0 Å². The zero-order chi connectivity index (χ0) is 23.5. The number of tetrazole rings is 1. The number of methoxy groups -OCH3 is 1. The number of aromatic amines is 1. The van der Waals surface area contributed by atoms with Crippen LogP contribution in [-0.4, -0.2) is 103 Å². The number of aliphatic carboxylic acids is 1. The summed E-state index contributed by atoms with van der Waals surface area (Å²) in [7, 11) is 1.10. The number of aliphatic hydroxyl groups is 1. The summed E-state index contributed by atoms with van der Waals surface area (Å²) < 4.78 is 35.5. The van der Waals surface area contributed by atoms with Gasteiger partial charge in [-0.1, -0.05) is 23.5 Å². The molecule has 1 unspecified atom stereocenters. The SMILES string of the molecule is CO[C@@]1(NC(=O)CSC(F)F)C(=O)N2C(C(=O)O)=C(C(CCO)Sc3nn[nH]n3)CO[C@@H]21. The molecular formula is C15H18F2N6O7S2. The number of carbonyl (C=O) groups is 3. The van der Waals surface area contributed by atoms with Gasteiger partial charge in [0, 0.05) is 24.5 Å². The van der Waals surface area contributed by atoms with Gasteiger partial charge in [-0.05, 0) is 11.6 Å². The van der Waals surface area contributed by atoms with E-state index >= 15 is 0 Å². The topological polar surface area (TPSA) is 180 Å². The van der Waals surface area contributed by atoms with E-state index in [4.69, 9.17) is 9.47 Å². The first-order chi connectivity index (χ1) is 15.2. The predicted molar refractivity (Wildman–Crippen MR) is 103 cm³/mol. The second-order valence-corrected chi connectivity index (χ2v) is 8.54. The molecule has 0 aliphatic carbocycles. The normalized spacial score (nSPS) is 23.7. The van der Waals surface area contributed by atoms with E-state index in [9.17, 15) is 33.4 Å². The maximum absolute atomic E-state index is 12.9. The van der Waals surface area contributed by atoms with Crippen molar-refractivity contribution in [1.29, 1.82) is 0 Å². The summed E-state index contributed by atoms with van der Waals surface area (Å²) in [5.74, 6) is -6.73. The van der Waals surface area contributed by atoms with Gasteiger partial charge in [0.25, 0.3) is 17.4 Å². The van der Waals surface area contributed by atoms with Crippen molar-refractivity contribution >= 4 is 41.3 Å². The minimum atomic E-state index is -2.79. The summed E-state index contributed by atoms with van der Waals surface area (Å²) in [6, 6.07) is 0. The van der Waals surface area contributed by atoms with Crippen molar-refractivity contribution in [2.24, 2.45) is 0 Å². The number of carboxylic acids is 1. The molecule has 32 heavy (non-hydrogen) atoms. The molecule has 2 aliphatic heterocycles. The quantitative estimate of drug-likeness (QED) is 0.167. The minimum Gasteiger partial charge on any atom is -0.477 e. The predicted octanol–water partition coefficient (Wildman–Crippen LogP) is -1.01. The van der Waals surface area contributed by atoms with Gasteiger partial charge in [-0.2, -0.15) is 14.0 Å². The van der Waals surface area contributed by atoms with Crippen molar-refractivity contribution in [2.45, 2.75) is 34.5 Å². The van der Waals surface area contributed by atoms with Crippen LogP contribution in [0.25, 0.3) is 0 Å². The number of H-pyrrole nitrogens is 1. The van der Waals surface area contributed by atoms with Crippen LogP contribution in [0.1, 0.15) is 6.42 Å². The average molecular weight is 496 g/mol. The van der Waals surface area contributed by atoms with E-state index in [-0.39, 0.29) is 42.1 Å². The average Bonchev–Trinajstić information content (AvgIpc) is 3.27. The van der Waals surface area contributed by atoms with Crippen molar-refractivity contribution in [1.82, 2.24) is 30.8 Å². The number of thioether (sulfide) groups is 2. The third kappa shape index (κ3) is 4.56. The third-order valence-electron chi connectivity index (χ3n) is 4.60. The molecule has 0 saturated carbocycles. The van der Waals surface area contributed by atoms with Gasteiger partial charge in [0.2, 0.25) is 11.1 Å². The number of hydrogen-bond acceptors (Lipinski definition) is 11. The maximum Gasteiger partial charge on any atom is 0.352 e. The Balaban J connectivity index is 1.88. The van der Waals surface area contributed by atoms with Crippen molar-refractivity contribution in [2.75, 3.05) is 26.1 Å². The lowest BCUT2D eigenvalue weighted by molar-refractivity contribution is -0.258. The lowest BCUT2D eigenvalue weighted by Crippen LogP contribution is -2.82. The van der Waals surface area contributed by atoms with E-state index in [0.717, 1.165) is 23.8 Å². The Kier molecular flexibility index (Phi) is 7.65. The van der Waals surface area contributed by atoms with E-state index in [0.29, 0.717) is 0 Å². The Morgan fingerprint density at radius 2 is 2.25 bits per heavy atom. The van der Waals surface area contributed by atoms with Crippen LogP contribution in [0.2, 0.25) is 0 Å². The number of nitrogens with zero attached hydrogens (tertiary/aromatic N) is 4. The highest BCUT2D eigenvalue weighted by molar-refractivity contribution is 8.00. The number of aromatic nitrogens is 4. The maximum atomic E-state index is 12.9. The van der Waals surface area contributed by atoms with Gasteiger partial charge in [0.15, 0.2) is 6.23 Å². The van der Waals surface area contributed by atoms with Crippen LogP contribution in [0.4, 0.5) is 8.78 Å². The smallest absolute Gasteiger partial charge is 0.352 e. The number of alkyl halides is 2. The fraction of sp³-hybridized carbons (Fsp3) is 0.600. The number of fused-ring (bicyclic) bond motifs is 1. The summed E-state index contributed by atoms with van der Waals surface area (Å²) in [6.45, 7) is -0.582. The van der Waals surface area contributed by atoms with Gasteiger partial charge in [0.05, 0.1) is 12.4 Å². The zero-order valence-corrected chi connectivity index (χ0v) is 18.0. The molecule has 3 atom stereocenters. The van der Waals surface area contributed by atoms with Crippen LogP contribution in [-0.2, 0) is 23.9 Å². The number of rotatable bonds is 11. The largest absolute Gasteiger partial charge is 0.477 e. The lowest BCUT2D eigenvalue weighted by Gasteiger charge is -2.55. The van der Waals surface area contributed by atoms with Crippen molar-refractivity contribution < 1.29 is 42.9 Å². The summed E-state index contributed by atoms with van der Waals surface area (Å²) in [5.41, 5.74) is -2.28. The number of ether oxygens (including phenoxy) is 2. The highest BCUT2D eigenvalue weighted by Crippen LogP contribution is 2.43. The molecule has 1 aromatic heterocycles. The fourth-order valence-corrected chi connectivity index (χ4v) is 4.61. The number of β-lactam (4-membered cyclic amide) rings is 1. The highest BCUT2D eigenvalue weighted by Gasteiger charge is 2.67. The molecule has 176 valence electrons. The Morgan fingerprint density at radius 1 is 1.50 bits per heavy atom. The van der Waals surface area contributed by atoms with Crippen LogP contribution in [0.3, 0.4) is 0 Å². The molecule has 3 heterocycles. The fourth-order valence-electron chi connectivity index (χ4n) is 3.28. The molecule has 0 spiro atoms. The van der Waals surface area contributed by atoms with Crippen molar-refractivity contribution in [3.8, 4) is 0 Å². The van der Waals surface area contributed by atoms with E-state index in [2.05, 4.69) is 25.9 Å². The molecule has 0 bridgehead atoms. The number of hydrogen-bond donors (Lipinski definition) is 4. The van der Waals surface area contributed by atoms with E-state index in [1.807, 2.05) is 0 Å². The molecule has 2 amide bonds. The van der Waals surface area contributed by atoms with Gasteiger partial charge in [-0.3, -0.25) is 14.5 Å². The Labute approximate surface area is 187 Å². The van der Waals surface area contributed by atoms with Crippen molar-refractivity contribution in [3.05, 3.63) is 11.3 Å². The van der Waals surface area contributed by atoms with E-state index in [1.54, 1.807) is 0 Å². The number of carbonyl (C=O) groups excluding carboxylic acids is 2. The second-order valence-electron chi connectivity index (χ2n) is 6.39. The molecule has 1 saturated heterocycles. The van der Waals surface area contributed by atoms with E-state index in [1.165, 1.54) is 0 Å². The summed E-state index contributed by atoms with van der Waals surface area (Å²) in [6.07, 6.45) is -1.24. The Hall–Kier alpha value is -2.34. The van der Waals surface area contributed by atoms with Crippen LogP contribution < -0.4 is 5.32 Å². The number of nitrogens with one attached hydrogen (secondary N) is 2. The molecule has 3 rings (SSSR count). The molecule has 0 radical (unpaired) electrons. The van der Waals surface area contributed by atoms with Crippen LogP contribution >= 0.6 is 23.5 Å². The lowest BCUT2D eigenvalue weighted by atomic mass is 9.93. The first-order valence-electron chi connectivity index (χ1n) is 8.93. The standard InChI is InChI=1S/C15H18F2N6O7S2/c1-29-15(18-8(25)5-31-13(16)17)11(28)23-9(10(26)27)6(4-30-12(15)23)7(2-3-24)32-14-19-21-22-20-14/h7,12-13,24H,2-5H2,1H3,(H,18,25)(H,26,27)(H,19,20,21,22)/t7?,12-,15+/m1/s1. The molecule has 1 aromatic rings. The second kappa shape index (κ2) is 10.1. The van der Waals surface area contributed by atoms with Gasteiger partial charge in [-0.15, -0.1) is 10.2 Å². The van der Waals surface area contributed by atoms with E-state index < -0.39 is 52.2 Å². The van der Waals surface area contributed by atoms with Crippen LogP contribution in [0, 0.1) is 0 Å². The van der Waals surface area contributed by atoms with Gasteiger partial charge < -0.3 is 25.0 Å². The first-order valence-corrected chi connectivity index (χ1v) is 10.9. The summed E-state index contributed by atoms with van der Waals surface area (Å²) >= 11 is 1.07. The monoisotopic (exact) mass is 496 g/mol. The number of carboxylic acid groups (broad SMARTS) is 1. The molecule has 0 aromatic carbocycles. The summed E-state index contributed by atoms with van der Waals surface area (Å²) in [5, 5.41) is 34.2. The molecular weight excluding hydrogens is 478 g/mol. The first kappa shape index (κ1) is 24.3. The molecule has 17 heteroatoms. The third-order valence-corrected chi connectivity index (χ3v) is 6.47. The van der Waals surface area contributed by atoms with Gasteiger partial charge in [0.1, 0.15) is 5.70 Å². The molecule has 1 fully saturated rings. The molecule has 2 aliphatic rings. The minimum absolute atomic E-state index is 0.0565. The highest BCUT2D eigenvalue weighted by atomic mass is 32.2. The van der Waals surface area contributed by atoms with Crippen LogP contribution in [0.15, 0.2) is 16.4 Å². The summed E-state index contributed by atoms with van der Waals surface area (Å²) in [4.78, 5) is 37.8. The number of halogens is 2. The molecule has 4 N–H and O–H groups in total.